The summed E-state index contributed by atoms with van der Waals surface area (Å²) < 4.78 is 39.9. The van der Waals surface area contributed by atoms with Crippen LogP contribution < -0.4 is 5.32 Å². The molecule has 3 aromatic rings. The van der Waals surface area contributed by atoms with Crippen molar-refractivity contribution in [3.8, 4) is 0 Å². The zero-order valence-electron chi connectivity index (χ0n) is 10.9. The van der Waals surface area contributed by atoms with E-state index in [0.717, 1.165) is 16.3 Å². The summed E-state index contributed by atoms with van der Waals surface area (Å²) in [4.78, 5) is 4.02. The number of halogens is 3. The van der Waals surface area contributed by atoms with Gasteiger partial charge in [0.05, 0.1) is 0 Å². The van der Waals surface area contributed by atoms with E-state index in [2.05, 4.69) is 10.3 Å². The molecule has 0 aliphatic rings. The first-order valence-corrected chi connectivity index (χ1v) is 6.34. The molecule has 0 fully saturated rings. The molecule has 0 spiro atoms. The predicted molar refractivity (Wildman–Crippen MR) is 75.4 cm³/mol. The number of hydrogen-bond donors (Lipinski definition) is 1. The van der Waals surface area contributed by atoms with Crippen LogP contribution in [-0.4, -0.2) is 4.98 Å². The number of aromatic nitrogens is 1. The summed E-state index contributed by atoms with van der Waals surface area (Å²) in [6, 6.07) is 8.79. The number of pyridine rings is 1. The molecule has 3 rings (SSSR count). The molecule has 0 bridgehead atoms. The Morgan fingerprint density at radius 2 is 1.67 bits per heavy atom. The number of rotatable bonds is 3. The Bertz CT molecular complexity index is 779. The highest BCUT2D eigenvalue weighted by Gasteiger charge is 2.11. The number of nitrogens with one attached hydrogen (secondary N) is 1. The molecule has 5 heteroatoms. The lowest BCUT2D eigenvalue weighted by Crippen LogP contribution is -2.04. The summed E-state index contributed by atoms with van der Waals surface area (Å²) in [5, 5.41) is 4.63. The Kier molecular flexibility index (Phi) is 3.48. The largest absolute Gasteiger partial charge is 0.376 e. The molecule has 2 aromatic carbocycles. The molecule has 0 atom stereocenters. The lowest BCUT2D eigenvalue weighted by atomic mass is 10.1. The van der Waals surface area contributed by atoms with Crippen molar-refractivity contribution < 1.29 is 13.2 Å². The van der Waals surface area contributed by atoms with Crippen LogP contribution in [0.2, 0.25) is 0 Å². The summed E-state index contributed by atoms with van der Waals surface area (Å²) >= 11 is 0. The molecule has 21 heavy (non-hydrogen) atoms. The van der Waals surface area contributed by atoms with Gasteiger partial charge in [0, 0.05) is 36.5 Å². The monoisotopic (exact) mass is 288 g/mol. The van der Waals surface area contributed by atoms with Gasteiger partial charge in [-0.15, -0.1) is 0 Å². The zero-order valence-corrected chi connectivity index (χ0v) is 10.9. The van der Waals surface area contributed by atoms with Gasteiger partial charge in [0.25, 0.3) is 0 Å². The Labute approximate surface area is 119 Å². The highest BCUT2D eigenvalue weighted by molar-refractivity contribution is 5.82. The van der Waals surface area contributed by atoms with Gasteiger partial charge in [0.2, 0.25) is 0 Å². The number of fused-ring (bicyclic) bond motifs is 1. The quantitative estimate of drug-likeness (QED) is 0.778. The van der Waals surface area contributed by atoms with Gasteiger partial charge >= 0.3 is 0 Å². The summed E-state index contributed by atoms with van der Waals surface area (Å²) in [7, 11) is 0. The SMILES string of the molecule is Fc1cc(F)c(NCc2ccc3cnccc3c2)c(F)c1. The number of benzene rings is 2. The van der Waals surface area contributed by atoms with Gasteiger partial charge in [-0.05, 0) is 23.1 Å². The smallest absolute Gasteiger partial charge is 0.152 e. The van der Waals surface area contributed by atoms with Crippen LogP contribution >= 0.6 is 0 Å². The second-order valence-electron chi connectivity index (χ2n) is 4.66. The summed E-state index contributed by atoms with van der Waals surface area (Å²) in [6.07, 6.45) is 3.42. The van der Waals surface area contributed by atoms with Crippen molar-refractivity contribution in [2.45, 2.75) is 6.54 Å². The van der Waals surface area contributed by atoms with Crippen LogP contribution in [0.25, 0.3) is 10.8 Å². The fraction of sp³-hybridized carbons (Fsp3) is 0.0625. The molecule has 0 saturated carbocycles. The van der Waals surface area contributed by atoms with E-state index >= 15 is 0 Å². The van der Waals surface area contributed by atoms with Gasteiger partial charge in [-0.3, -0.25) is 4.98 Å². The number of anilines is 1. The number of nitrogens with zero attached hydrogens (tertiary/aromatic N) is 1. The van der Waals surface area contributed by atoms with E-state index in [0.29, 0.717) is 12.1 Å². The molecule has 2 nitrogen and oxygen atoms in total. The molecular formula is C16H11F3N2. The molecule has 0 unspecified atom stereocenters. The third-order valence-electron chi connectivity index (χ3n) is 3.18. The van der Waals surface area contributed by atoms with E-state index in [-0.39, 0.29) is 12.2 Å². The molecule has 0 saturated heterocycles. The summed E-state index contributed by atoms with van der Waals surface area (Å²) in [5.74, 6) is -2.83. The van der Waals surface area contributed by atoms with Crippen molar-refractivity contribution >= 4 is 16.5 Å². The van der Waals surface area contributed by atoms with Gasteiger partial charge in [-0.2, -0.15) is 0 Å². The lowest BCUT2D eigenvalue weighted by molar-refractivity contribution is 0.547. The molecule has 1 N–H and O–H groups in total. The van der Waals surface area contributed by atoms with Crippen LogP contribution in [0.15, 0.2) is 48.8 Å². The van der Waals surface area contributed by atoms with E-state index in [1.807, 2.05) is 24.3 Å². The molecule has 0 aliphatic carbocycles. The normalized spacial score (nSPS) is 10.8. The summed E-state index contributed by atoms with van der Waals surface area (Å²) in [5.41, 5.74) is 0.531. The van der Waals surface area contributed by atoms with E-state index in [9.17, 15) is 13.2 Å². The van der Waals surface area contributed by atoms with Gasteiger partial charge in [-0.1, -0.05) is 12.1 Å². The average molecular weight is 288 g/mol. The maximum absolute atomic E-state index is 13.5. The Hall–Kier alpha value is -2.56. The molecule has 0 radical (unpaired) electrons. The standard InChI is InChI=1S/C16H11F3N2/c17-13-6-14(18)16(15(19)7-13)21-8-10-1-2-12-9-20-4-3-11(12)5-10/h1-7,9,21H,8H2. The van der Waals surface area contributed by atoms with E-state index < -0.39 is 17.5 Å². The lowest BCUT2D eigenvalue weighted by Gasteiger charge is -2.09. The van der Waals surface area contributed by atoms with Gasteiger partial charge in [0.15, 0.2) is 11.6 Å². The molecular weight excluding hydrogens is 277 g/mol. The molecule has 1 heterocycles. The maximum Gasteiger partial charge on any atom is 0.152 e. The average Bonchev–Trinajstić information content (AvgIpc) is 2.46. The van der Waals surface area contributed by atoms with Crippen molar-refractivity contribution in [1.29, 1.82) is 0 Å². The topological polar surface area (TPSA) is 24.9 Å². The summed E-state index contributed by atoms with van der Waals surface area (Å²) in [6.45, 7) is 0.234. The third kappa shape index (κ3) is 2.81. The third-order valence-corrected chi connectivity index (χ3v) is 3.18. The fourth-order valence-corrected chi connectivity index (χ4v) is 2.14. The van der Waals surface area contributed by atoms with Gasteiger partial charge in [0.1, 0.15) is 11.5 Å². The predicted octanol–water partition coefficient (Wildman–Crippen LogP) is 4.26. The van der Waals surface area contributed by atoms with Crippen LogP contribution in [0.1, 0.15) is 5.56 Å². The molecule has 106 valence electrons. The Balaban J connectivity index is 1.83. The fourth-order valence-electron chi connectivity index (χ4n) is 2.14. The second kappa shape index (κ2) is 5.44. The van der Waals surface area contributed by atoms with Crippen LogP contribution in [0.4, 0.5) is 18.9 Å². The second-order valence-corrected chi connectivity index (χ2v) is 4.66. The zero-order chi connectivity index (χ0) is 14.8. The van der Waals surface area contributed by atoms with Gasteiger partial charge < -0.3 is 5.32 Å². The minimum absolute atomic E-state index is 0.234. The minimum Gasteiger partial charge on any atom is -0.376 e. The highest BCUT2D eigenvalue weighted by Crippen LogP contribution is 2.21. The van der Waals surface area contributed by atoms with E-state index in [1.54, 1.807) is 12.4 Å². The maximum atomic E-state index is 13.5. The molecule has 0 amide bonds. The van der Waals surface area contributed by atoms with Crippen molar-refractivity contribution in [3.63, 3.8) is 0 Å². The van der Waals surface area contributed by atoms with Gasteiger partial charge in [-0.25, -0.2) is 13.2 Å². The van der Waals surface area contributed by atoms with Crippen LogP contribution in [0.5, 0.6) is 0 Å². The van der Waals surface area contributed by atoms with E-state index in [1.165, 1.54) is 0 Å². The Morgan fingerprint density at radius 3 is 2.43 bits per heavy atom. The highest BCUT2D eigenvalue weighted by atomic mass is 19.1. The van der Waals surface area contributed by atoms with Crippen molar-refractivity contribution in [3.05, 3.63) is 71.8 Å². The number of hydrogen-bond acceptors (Lipinski definition) is 2. The van der Waals surface area contributed by atoms with E-state index in [4.69, 9.17) is 0 Å². The van der Waals surface area contributed by atoms with Crippen LogP contribution in [0.3, 0.4) is 0 Å². The van der Waals surface area contributed by atoms with Crippen LogP contribution in [0, 0.1) is 17.5 Å². The molecule has 1 aromatic heterocycles. The first kappa shape index (κ1) is 13.4. The van der Waals surface area contributed by atoms with Crippen molar-refractivity contribution in [2.24, 2.45) is 0 Å². The first-order chi connectivity index (χ1) is 10.1. The minimum atomic E-state index is -0.947. The Morgan fingerprint density at radius 1 is 0.905 bits per heavy atom. The van der Waals surface area contributed by atoms with Crippen molar-refractivity contribution in [1.82, 2.24) is 4.98 Å². The first-order valence-electron chi connectivity index (χ1n) is 6.34. The molecule has 0 aliphatic heterocycles. The van der Waals surface area contributed by atoms with Crippen LogP contribution in [-0.2, 0) is 6.54 Å². The van der Waals surface area contributed by atoms with Crippen molar-refractivity contribution in [2.75, 3.05) is 5.32 Å².